The third-order valence-electron chi connectivity index (χ3n) is 7.46. The van der Waals surface area contributed by atoms with Crippen LogP contribution in [-0.2, 0) is 13.0 Å². The minimum absolute atomic E-state index is 0.0160. The molecule has 1 aliphatic heterocycles. The molecule has 0 unspecified atom stereocenters. The molecule has 0 saturated heterocycles. The van der Waals surface area contributed by atoms with Crippen molar-refractivity contribution in [3.8, 4) is 5.75 Å². The summed E-state index contributed by atoms with van der Waals surface area (Å²) in [5.74, 6) is 0.769. The lowest BCUT2D eigenvalue weighted by Gasteiger charge is -2.30. The number of nitrogens with zero attached hydrogens (tertiary/aromatic N) is 2. The Balaban J connectivity index is 1.33. The molecule has 5 aromatic rings. The van der Waals surface area contributed by atoms with Crippen LogP contribution in [0.15, 0.2) is 123 Å². The highest BCUT2D eigenvalue weighted by Gasteiger charge is 2.32. The summed E-state index contributed by atoms with van der Waals surface area (Å²) in [6, 6.07) is 34.6. The van der Waals surface area contributed by atoms with E-state index in [4.69, 9.17) is 9.73 Å². The normalized spacial score (nSPS) is 16.1. The van der Waals surface area contributed by atoms with Crippen LogP contribution < -0.4 is 19.6 Å². The Morgan fingerprint density at radius 2 is 1.73 bits per heavy atom. The lowest BCUT2D eigenvalue weighted by atomic mass is 9.83. The zero-order valence-electron chi connectivity index (χ0n) is 21.6. The topological polar surface area (TPSA) is 43.6 Å². The van der Waals surface area contributed by atoms with Crippen LogP contribution >= 0.6 is 27.3 Å². The van der Waals surface area contributed by atoms with E-state index in [2.05, 4.69) is 52.3 Å². The second-order valence-corrected chi connectivity index (χ2v) is 11.9. The fraction of sp³-hybridized carbons (Fsp3) is 0.118. The fourth-order valence-corrected chi connectivity index (χ4v) is 6.82. The number of fused-ring (bicyclic) bond motifs is 3. The Kier molecular flexibility index (Phi) is 6.58. The van der Waals surface area contributed by atoms with Gasteiger partial charge in [-0.05, 0) is 71.0 Å². The van der Waals surface area contributed by atoms with Crippen LogP contribution in [0.1, 0.15) is 40.3 Å². The van der Waals surface area contributed by atoms with Crippen LogP contribution in [0.5, 0.6) is 5.75 Å². The fourth-order valence-electron chi connectivity index (χ4n) is 5.55. The maximum absolute atomic E-state index is 14.0. The summed E-state index contributed by atoms with van der Waals surface area (Å²) >= 11 is 5.01. The highest BCUT2D eigenvalue weighted by molar-refractivity contribution is 9.10. The second kappa shape index (κ2) is 10.5. The molecule has 0 N–H and O–H groups in total. The van der Waals surface area contributed by atoms with E-state index in [1.165, 1.54) is 28.0 Å². The minimum Gasteiger partial charge on any atom is -0.489 e. The third-order valence-corrected chi connectivity index (χ3v) is 8.97. The highest BCUT2D eigenvalue weighted by atomic mass is 79.9. The summed E-state index contributed by atoms with van der Waals surface area (Å²) < 4.78 is 9.60. The molecule has 0 radical (unpaired) electrons. The van der Waals surface area contributed by atoms with Gasteiger partial charge in [-0.25, -0.2) is 4.99 Å². The van der Waals surface area contributed by atoms with Gasteiger partial charge in [0.15, 0.2) is 4.80 Å². The predicted molar refractivity (Wildman–Crippen MR) is 164 cm³/mol. The molecule has 0 saturated carbocycles. The first-order chi connectivity index (χ1) is 19.6. The number of ether oxygens (including phenoxy) is 1. The van der Waals surface area contributed by atoms with E-state index in [9.17, 15) is 4.79 Å². The van der Waals surface area contributed by atoms with Crippen LogP contribution in [-0.4, -0.2) is 4.57 Å². The highest BCUT2D eigenvalue weighted by Crippen LogP contribution is 2.41. The molecular formula is C34H25BrN2O2S. The zero-order chi connectivity index (χ0) is 27.1. The Morgan fingerprint density at radius 3 is 2.58 bits per heavy atom. The maximum Gasteiger partial charge on any atom is 0.271 e. The number of halogens is 1. The monoisotopic (exact) mass is 604 g/mol. The summed E-state index contributed by atoms with van der Waals surface area (Å²) in [5, 5.41) is 0. The van der Waals surface area contributed by atoms with Gasteiger partial charge in [0.1, 0.15) is 12.4 Å². The number of aryl methyl sites for hydroxylation is 1. The van der Waals surface area contributed by atoms with Crippen LogP contribution in [0.4, 0.5) is 0 Å². The first-order valence-corrected chi connectivity index (χ1v) is 14.9. The van der Waals surface area contributed by atoms with Gasteiger partial charge in [-0.15, -0.1) is 0 Å². The van der Waals surface area contributed by atoms with Crippen LogP contribution in [0, 0.1) is 0 Å². The molecule has 0 fully saturated rings. The van der Waals surface area contributed by atoms with Crippen molar-refractivity contribution in [2.75, 3.05) is 0 Å². The third kappa shape index (κ3) is 4.67. The first-order valence-electron chi connectivity index (χ1n) is 13.3. The SMILES string of the molecule is O=c1/c(=C\c2cccc(OCc3ccccc3)c2)sc2n1[C@@H](c1ccc(Br)cc1)C1=C(N=2)c2ccccc2CC1. The van der Waals surface area contributed by atoms with E-state index in [1.54, 1.807) is 0 Å². The molecule has 4 aromatic carbocycles. The van der Waals surface area contributed by atoms with Crippen molar-refractivity contribution >= 4 is 39.0 Å². The lowest BCUT2D eigenvalue weighted by molar-refractivity contribution is 0.306. The number of rotatable bonds is 5. The Labute approximate surface area is 244 Å². The van der Waals surface area contributed by atoms with Crippen LogP contribution in [0.3, 0.4) is 0 Å². The summed E-state index contributed by atoms with van der Waals surface area (Å²) in [6.45, 7) is 0.493. The van der Waals surface area contributed by atoms with Gasteiger partial charge in [-0.3, -0.25) is 9.36 Å². The average Bonchev–Trinajstić information content (AvgIpc) is 3.30. The van der Waals surface area contributed by atoms with Gasteiger partial charge in [0.05, 0.1) is 16.3 Å². The molecule has 6 heteroatoms. The summed E-state index contributed by atoms with van der Waals surface area (Å²) in [4.78, 5) is 19.8. The number of benzene rings is 4. The van der Waals surface area contributed by atoms with E-state index in [0.29, 0.717) is 11.1 Å². The standard InChI is InChI=1S/C34H25BrN2O2S/c35-26-16-13-25(14-17-26)32-29-18-15-24-10-4-5-12-28(24)31(29)36-34-37(32)33(38)30(40-34)20-23-9-6-11-27(19-23)39-21-22-7-2-1-3-8-22/h1-14,16-17,19-20,32H,15,18,21H2/b30-20+/t32-/m0/s1. The molecular weight excluding hydrogens is 580 g/mol. The molecule has 196 valence electrons. The van der Waals surface area contributed by atoms with Gasteiger partial charge in [0.25, 0.3) is 5.56 Å². The van der Waals surface area contributed by atoms with E-state index < -0.39 is 0 Å². The quantitative estimate of drug-likeness (QED) is 0.225. The van der Waals surface area contributed by atoms with Crippen molar-refractivity contribution in [2.24, 2.45) is 4.99 Å². The van der Waals surface area contributed by atoms with E-state index >= 15 is 0 Å². The summed E-state index contributed by atoms with van der Waals surface area (Å²) in [5.41, 5.74) is 7.81. The largest absolute Gasteiger partial charge is 0.489 e. The molecule has 0 bridgehead atoms. The summed E-state index contributed by atoms with van der Waals surface area (Å²) in [6.07, 6.45) is 3.77. The minimum atomic E-state index is -0.185. The maximum atomic E-state index is 14.0. The van der Waals surface area contributed by atoms with Crippen LogP contribution in [0.25, 0.3) is 11.8 Å². The van der Waals surface area contributed by atoms with Gasteiger partial charge in [-0.2, -0.15) is 0 Å². The van der Waals surface area contributed by atoms with E-state index in [0.717, 1.165) is 50.3 Å². The lowest BCUT2D eigenvalue weighted by Crippen LogP contribution is -2.38. The average molecular weight is 606 g/mol. The molecule has 1 aromatic heterocycles. The van der Waals surface area contributed by atoms with E-state index in [-0.39, 0.29) is 11.6 Å². The molecule has 1 atom stereocenters. The van der Waals surface area contributed by atoms with Crippen LogP contribution in [0.2, 0.25) is 0 Å². The number of allylic oxidation sites excluding steroid dienone is 1. The number of hydrogen-bond acceptors (Lipinski definition) is 4. The molecule has 4 nitrogen and oxygen atoms in total. The number of hydrogen-bond donors (Lipinski definition) is 0. The van der Waals surface area contributed by atoms with Crippen molar-refractivity contribution in [3.63, 3.8) is 0 Å². The van der Waals surface area contributed by atoms with Crippen molar-refractivity contribution in [1.29, 1.82) is 0 Å². The molecule has 40 heavy (non-hydrogen) atoms. The van der Waals surface area contributed by atoms with Gasteiger partial charge in [0, 0.05) is 10.0 Å². The van der Waals surface area contributed by atoms with E-state index in [1.807, 2.05) is 77.4 Å². The van der Waals surface area contributed by atoms with Crippen molar-refractivity contribution < 1.29 is 4.74 Å². The first kappa shape index (κ1) is 25.0. The van der Waals surface area contributed by atoms with Crippen molar-refractivity contribution in [1.82, 2.24) is 4.57 Å². The number of thiazole rings is 1. The molecule has 7 rings (SSSR count). The van der Waals surface area contributed by atoms with Gasteiger partial charge >= 0.3 is 0 Å². The Bertz CT molecular complexity index is 1940. The molecule has 0 amide bonds. The van der Waals surface area contributed by atoms with Crippen molar-refractivity contribution in [2.45, 2.75) is 25.5 Å². The molecule has 0 spiro atoms. The summed E-state index contributed by atoms with van der Waals surface area (Å²) in [7, 11) is 0. The van der Waals surface area contributed by atoms with Crippen molar-refractivity contribution in [3.05, 3.63) is 161 Å². The smallest absolute Gasteiger partial charge is 0.271 e. The molecule has 2 heterocycles. The number of aromatic nitrogens is 1. The second-order valence-electron chi connectivity index (χ2n) is 10.0. The Morgan fingerprint density at radius 1 is 0.925 bits per heavy atom. The Hall–Kier alpha value is -4.00. The molecule has 1 aliphatic carbocycles. The molecule has 2 aliphatic rings. The van der Waals surface area contributed by atoms with Gasteiger partial charge in [0.2, 0.25) is 0 Å². The van der Waals surface area contributed by atoms with Gasteiger partial charge < -0.3 is 4.74 Å². The zero-order valence-corrected chi connectivity index (χ0v) is 24.0. The van der Waals surface area contributed by atoms with Gasteiger partial charge in [-0.1, -0.05) is 106 Å². The predicted octanol–water partition coefficient (Wildman–Crippen LogP) is 6.66.